The average Bonchev–Trinajstić information content (AvgIpc) is 2.40. The maximum atomic E-state index is 11.5. The predicted molar refractivity (Wildman–Crippen MR) is 88.3 cm³/mol. The molecule has 0 aromatic carbocycles. The zero-order valence-corrected chi connectivity index (χ0v) is 17.1. The number of nitrogens with two attached hydrogens (primary N) is 1. The van der Waals surface area contributed by atoms with Gasteiger partial charge in [-0.15, -0.1) is 0 Å². The monoisotopic (exact) mass is 453 g/mol. The van der Waals surface area contributed by atoms with Crippen LogP contribution in [0.15, 0.2) is 0 Å². The number of sulfonamides is 2. The molecule has 27 heavy (non-hydrogen) atoms. The summed E-state index contributed by atoms with van der Waals surface area (Å²) in [7, 11) is -13.2. The van der Waals surface area contributed by atoms with Crippen LogP contribution in [0.3, 0.4) is 0 Å². The minimum atomic E-state index is -6.60. The van der Waals surface area contributed by atoms with Crippen LogP contribution in [0, 0.1) is 5.41 Å². The van der Waals surface area contributed by atoms with E-state index >= 15 is 0 Å². The fourth-order valence-corrected chi connectivity index (χ4v) is 3.18. The summed E-state index contributed by atoms with van der Waals surface area (Å²) in [5.41, 5.74) is -6.01. The van der Waals surface area contributed by atoms with E-state index in [9.17, 15) is 43.2 Å². The van der Waals surface area contributed by atoms with Crippen LogP contribution >= 0.6 is 0 Å². The van der Waals surface area contributed by atoms with E-state index in [1.807, 2.05) is 0 Å². The smallest absolute Gasteiger partial charge is 0.326 e. The van der Waals surface area contributed by atoms with Crippen LogP contribution in [0.2, 0.25) is 0 Å². The highest BCUT2D eigenvalue weighted by Gasteiger charge is 2.55. The zero-order chi connectivity index (χ0) is 22.5. The SMILES string of the molecule is CCN(CC)C[C@@H](N)C(C)(C)C.O=S(=O)(NS(=O)(=O)C(F)(F)F)C(F)(F)F. The maximum Gasteiger partial charge on any atom is 0.512 e. The summed E-state index contributed by atoms with van der Waals surface area (Å²) in [5.74, 6) is 0. The lowest BCUT2D eigenvalue weighted by Gasteiger charge is -2.31. The number of likely N-dealkylation sites (N-methyl/N-ethyl adjacent to an activating group) is 1. The zero-order valence-electron chi connectivity index (χ0n) is 15.4. The highest BCUT2D eigenvalue weighted by Crippen LogP contribution is 2.27. The van der Waals surface area contributed by atoms with Gasteiger partial charge in [-0.3, -0.25) is 0 Å². The van der Waals surface area contributed by atoms with Gasteiger partial charge in [-0.05, 0) is 18.5 Å². The van der Waals surface area contributed by atoms with Crippen molar-refractivity contribution >= 4 is 20.0 Å². The van der Waals surface area contributed by atoms with Gasteiger partial charge in [-0.2, -0.15) is 26.3 Å². The number of halogens is 6. The molecule has 166 valence electrons. The van der Waals surface area contributed by atoms with E-state index in [0.717, 1.165) is 19.6 Å². The summed E-state index contributed by atoms with van der Waals surface area (Å²) >= 11 is 0. The first-order valence-corrected chi connectivity index (χ1v) is 10.5. The second-order valence-corrected chi connectivity index (χ2v) is 10.0. The van der Waals surface area contributed by atoms with Gasteiger partial charge in [0, 0.05) is 12.6 Å². The molecule has 0 amide bonds. The molecule has 0 fully saturated rings. The molecule has 0 radical (unpaired) electrons. The van der Waals surface area contributed by atoms with Crippen molar-refractivity contribution in [3.8, 4) is 0 Å². The summed E-state index contributed by atoms with van der Waals surface area (Å²) in [6.07, 6.45) is 0. The van der Waals surface area contributed by atoms with Crippen molar-refractivity contribution in [1.29, 1.82) is 0 Å². The van der Waals surface area contributed by atoms with Crippen molar-refractivity contribution in [2.45, 2.75) is 51.7 Å². The van der Waals surface area contributed by atoms with E-state index in [1.54, 1.807) is 0 Å². The molecule has 7 nitrogen and oxygen atoms in total. The third-order valence-electron chi connectivity index (χ3n) is 3.29. The van der Waals surface area contributed by atoms with Crippen LogP contribution in [0.5, 0.6) is 0 Å². The highest BCUT2D eigenvalue weighted by molar-refractivity contribution is 8.05. The molecule has 0 rings (SSSR count). The van der Waals surface area contributed by atoms with Gasteiger partial charge >= 0.3 is 31.1 Å². The van der Waals surface area contributed by atoms with Crippen LogP contribution in [0.4, 0.5) is 26.3 Å². The van der Waals surface area contributed by atoms with E-state index < -0.39 is 35.2 Å². The van der Waals surface area contributed by atoms with Crippen LogP contribution in [0.1, 0.15) is 34.6 Å². The third-order valence-corrected chi connectivity index (χ3v) is 6.26. The average molecular weight is 453 g/mol. The first-order chi connectivity index (χ1) is 11.6. The normalized spacial score (nSPS) is 15.3. The standard InChI is InChI=1S/C10H24N2.C2HF6NO4S2/c1-6-12(7-2)8-9(11)10(3,4)5;3-1(4,5)14(10,11)9-15(12,13)2(6,7)8/h9H,6-8,11H2,1-5H3;9H/t9-;/m1./s1. The van der Waals surface area contributed by atoms with Crippen molar-refractivity contribution in [2.24, 2.45) is 11.1 Å². The molecule has 0 aliphatic carbocycles. The number of hydrogen-bond donors (Lipinski definition) is 2. The van der Waals surface area contributed by atoms with E-state index in [-0.39, 0.29) is 11.5 Å². The van der Waals surface area contributed by atoms with E-state index in [2.05, 4.69) is 39.5 Å². The number of rotatable bonds is 6. The Balaban J connectivity index is 0. The first-order valence-electron chi connectivity index (χ1n) is 7.51. The molecule has 0 aliphatic rings. The molecule has 15 heteroatoms. The van der Waals surface area contributed by atoms with E-state index in [0.29, 0.717) is 0 Å². The molecule has 3 N–H and O–H groups in total. The minimum Gasteiger partial charge on any atom is -0.326 e. The lowest BCUT2D eigenvalue weighted by molar-refractivity contribution is -0.0476. The molecule has 0 saturated heterocycles. The Hall–Kier alpha value is -0.640. The molecular formula is C12H25F6N3O4S2. The molecule has 0 aromatic rings. The fourth-order valence-electron chi connectivity index (χ4n) is 1.27. The summed E-state index contributed by atoms with van der Waals surface area (Å²) in [6, 6.07) is 0.275. The third kappa shape index (κ3) is 9.91. The lowest BCUT2D eigenvalue weighted by Crippen LogP contribution is -2.45. The molecule has 0 heterocycles. The molecule has 0 aliphatic heterocycles. The van der Waals surface area contributed by atoms with Crippen LogP contribution < -0.4 is 9.86 Å². The van der Waals surface area contributed by atoms with Crippen molar-refractivity contribution in [1.82, 2.24) is 9.03 Å². The molecule has 0 aromatic heterocycles. The van der Waals surface area contributed by atoms with E-state index in [1.165, 1.54) is 0 Å². The van der Waals surface area contributed by atoms with Gasteiger partial charge in [-0.25, -0.2) is 16.8 Å². The van der Waals surface area contributed by atoms with E-state index in [4.69, 9.17) is 5.73 Å². The minimum absolute atomic E-state index is 0.225. The van der Waals surface area contributed by atoms with Crippen molar-refractivity contribution in [2.75, 3.05) is 19.6 Å². The van der Waals surface area contributed by atoms with Gasteiger partial charge in [0.05, 0.1) is 0 Å². The Morgan fingerprint density at radius 3 is 1.33 bits per heavy atom. The topological polar surface area (TPSA) is 110 Å². The van der Waals surface area contributed by atoms with Crippen molar-refractivity contribution < 1.29 is 43.2 Å². The molecular weight excluding hydrogens is 428 g/mol. The molecule has 0 bridgehead atoms. The van der Waals surface area contributed by atoms with Gasteiger partial charge in [0.25, 0.3) is 0 Å². The quantitative estimate of drug-likeness (QED) is 0.596. The predicted octanol–water partition coefficient (Wildman–Crippen LogP) is 1.98. The van der Waals surface area contributed by atoms with Gasteiger partial charge < -0.3 is 10.6 Å². The summed E-state index contributed by atoms with van der Waals surface area (Å²) < 4.78 is 108. The summed E-state index contributed by atoms with van der Waals surface area (Å²) in [5, 5.41) is 0. The van der Waals surface area contributed by atoms with Gasteiger partial charge in [0.2, 0.25) is 0 Å². The first kappa shape index (κ1) is 28.6. The lowest BCUT2D eigenvalue weighted by atomic mass is 9.87. The molecule has 0 spiro atoms. The second-order valence-electron chi connectivity index (χ2n) is 6.44. The van der Waals surface area contributed by atoms with Crippen LogP contribution in [0.25, 0.3) is 0 Å². The van der Waals surface area contributed by atoms with Crippen LogP contribution in [-0.4, -0.2) is 58.4 Å². The van der Waals surface area contributed by atoms with Gasteiger partial charge in [-0.1, -0.05) is 38.7 Å². The second kappa shape index (κ2) is 9.71. The highest BCUT2D eigenvalue weighted by atomic mass is 32.3. The number of hydrogen-bond acceptors (Lipinski definition) is 6. The van der Waals surface area contributed by atoms with Crippen molar-refractivity contribution in [3.63, 3.8) is 0 Å². The molecule has 1 atom stereocenters. The fraction of sp³-hybridized carbons (Fsp3) is 1.00. The Morgan fingerprint density at radius 1 is 0.852 bits per heavy atom. The molecule has 0 saturated carbocycles. The Morgan fingerprint density at radius 2 is 1.15 bits per heavy atom. The van der Waals surface area contributed by atoms with Crippen LogP contribution in [-0.2, 0) is 20.0 Å². The van der Waals surface area contributed by atoms with Gasteiger partial charge in [0.15, 0.2) is 0 Å². The Labute approximate surface area is 155 Å². The number of nitrogens with one attached hydrogen (secondary N) is 1. The van der Waals surface area contributed by atoms with Gasteiger partial charge in [0.1, 0.15) is 0 Å². The molecule has 0 unspecified atom stereocenters. The number of alkyl halides is 6. The maximum absolute atomic E-state index is 11.5. The number of nitrogens with zero attached hydrogens (tertiary/aromatic N) is 1. The Kier molecular flexibility index (Phi) is 10.3. The summed E-state index contributed by atoms with van der Waals surface area (Å²) in [4.78, 5) is 2.37. The summed E-state index contributed by atoms with van der Waals surface area (Å²) in [6.45, 7) is 14.2. The van der Waals surface area contributed by atoms with Crippen molar-refractivity contribution in [3.05, 3.63) is 0 Å². The Bertz CT molecular complexity index is 608. The largest absolute Gasteiger partial charge is 0.512 e.